The molecule has 0 bridgehead atoms. The van der Waals surface area contributed by atoms with E-state index >= 15 is 0 Å². The zero-order valence-corrected chi connectivity index (χ0v) is 34.5. The zero-order valence-electron chi connectivity index (χ0n) is 33.0. The molecule has 1 unspecified atom stereocenters. The highest BCUT2D eigenvalue weighted by Crippen LogP contribution is 2.27. The van der Waals surface area contributed by atoms with Gasteiger partial charge in [0.1, 0.15) is 0 Å². The van der Waals surface area contributed by atoms with Crippen molar-refractivity contribution in [3.05, 3.63) is 82.6 Å². The SMILES string of the molecule is C/C=C(\C=C/C(Cl)=C(\C)Cl)/C=C/C.C/C=C\C(NC)=C(C)C.C=C.CC.CC1CCN(C(CNC=O)C2CCN(C=O)CC2)CC1.CCN. The Morgan fingerprint density at radius 2 is 1.41 bits per heavy atom. The molecule has 2 saturated heterocycles. The third kappa shape index (κ3) is 28.9. The van der Waals surface area contributed by atoms with Crippen LogP contribution in [0.4, 0.5) is 0 Å². The van der Waals surface area contributed by atoms with Gasteiger partial charge in [0.05, 0.1) is 5.03 Å². The number of nitrogens with two attached hydrogens (primary N) is 1. The lowest BCUT2D eigenvalue weighted by Gasteiger charge is -2.43. The molecular weight excluding hydrogens is 653 g/mol. The molecule has 49 heavy (non-hydrogen) atoms. The maximum atomic E-state index is 10.8. The van der Waals surface area contributed by atoms with Gasteiger partial charge >= 0.3 is 0 Å². The van der Waals surface area contributed by atoms with Crippen LogP contribution in [0.3, 0.4) is 0 Å². The van der Waals surface area contributed by atoms with Crippen LogP contribution in [0.1, 0.15) is 94.9 Å². The average molecular weight is 727 g/mol. The minimum Gasteiger partial charge on any atom is -0.388 e. The van der Waals surface area contributed by atoms with E-state index in [9.17, 15) is 9.59 Å². The van der Waals surface area contributed by atoms with E-state index in [-0.39, 0.29) is 0 Å². The van der Waals surface area contributed by atoms with Crippen molar-refractivity contribution in [3.8, 4) is 0 Å². The maximum Gasteiger partial charge on any atom is 0.209 e. The van der Waals surface area contributed by atoms with Crippen molar-refractivity contribution in [2.75, 3.05) is 46.3 Å². The molecular formula is C40H73Cl2N5O2. The molecule has 0 aromatic heterocycles. The maximum absolute atomic E-state index is 10.8. The Bertz CT molecular complexity index is 981. The largest absolute Gasteiger partial charge is 0.388 e. The number of nitrogens with zero attached hydrogens (tertiary/aromatic N) is 2. The summed E-state index contributed by atoms with van der Waals surface area (Å²) >= 11 is 11.5. The third-order valence-electron chi connectivity index (χ3n) is 7.55. The first-order valence-corrected chi connectivity index (χ1v) is 18.5. The molecule has 4 N–H and O–H groups in total. The summed E-state index contributed by atoms with van der Waals surface area (Å²) in [6.07, 6.45) is 20.2. The second kappa shape index (κ2) is 38.2. The summed E-state index contributed by atoms with van der Waals surface area (Å²) in [5, 5.41) is 7.15. The Labute approximate surface area is 312 Å². The van der Waals surface area contributed by atoms with Crippen LogP contribution in [0.15, 0.2) is 82.6 Å². The van der Waals surface area contributed by atoms with Gasteiger partial charge in [-0.2, -0.15) is 0 Å². The van der Waals surface area contributed by atoms with Crippen LogP contribution in [-0.4, -0.2) is 75.0 Å². The van der Waals surface area contributed by atoms with Gasteiger partial charge in [0, 0.05) is 43.5 Å². The summed E-state index contributed by atoms with van der Waals surface area (Å²) in [6, 6.07) is 0.432. The molecule has 0 radical (unpaired) electrons. The lowest BCUT2D eigenvalue weighted by molar-refractivity contribution is -0.119. The predicted molar refractivity (Wildman–Crippen MR) is 220 cm³/mol. The lowest BCUT2D eigenvalue weighted by Crippen LogP contribution is -2.52. The zero-order chi connectivity index (χ0) is 38.6. The third-order valence-corrected chi connectivity index (χ3v) is 8.26. The number of likely N-dealkylation sites (N-methyl/N-ethyl adjacent to an activating group) is 1. The normalized spacial score (nSPS) is 16.4. The Morgan fingerprint density at radius 3 is 1.76 bits per heavy atom. The molecule has 0 aromatic rings. The van der Waals surface area contributed by atoms with Crippen LogP contribution in [0.2, 0.25) is 0 Å². The molecule has 0 aromatic carbocycles. The summed E-state index contributed by atoms with van der Waals surface area (Å²) in [5.74, 6) is 1.41. The van der Waals surface area contributed by atoms with E-state index in [1.165, 1.54) is 24.1 Å². The molecule has 1 atom stereocenters. The number of halogens is 2. The van der Waals surface area contributed by atoms with Crippen molar-refractivity contribution in [1.82, 2.24) is 20.4 Å². The first-order valence-electron chi connectivity index (χ1n) is 17.8. The molecule has 2 rings (SSSR count). The topological polar surface area (TPSA) is 90.7 Å². The Balaban J connectivity index is -0.000000302. The second-order valence-corrected chi connectivity index (χ2v) is 12.3. The van der Waals surface area contributed by atoms with E-state index in [1.807, 2.05) is 83.9 Å². The minimum absolute atomic E-state index is 0.432. The number of allylic oxidation sites excluding steroid dienone is 11. The average Bonchev–Trinajstić information content (AvgIpc) is 3.12. The van der Waals surface area contributed by atoms with Crippen LogP contribution in [0.5, 0.6) is 0 Å². The van der Waals surface area contributed by atoms with Gasteiger partial charge in [-0.15, -0.1) is 13.2 Å². The van der Waals surface area contributed by atoms with Gasteiger partial charge in [0.15, 0.2) is 0 Å². The van der Waals surface area contributed by atoms with E-state index in [1.54, 1.807) is 13.0 Å². The lowest BCUT2D eigenvalue weighted by atomic mass is 9.86. The number of carbonyl (C=O) groups is 2. The standard InChI is InChI=1S/C15H27N3O2.C11H14Cl2.C8H15N.C2H7N.C2H6.C2H4/c1-13-2-8-18(9-3-13)15(10-16-11-19)14-4-6-17(12-20)7-5-14;1-4-6-10(5-2)7-8-11(13)9(3)12;1-5-6-8(9-4)7(2)3;1-2-3;2*1-2/h11-15H,2-10H2,1H3,(H,16,19);4-8H,1-3H3;5-6,9H,1-4H3;2-3H2,1H3;1-2H3;1-2H2/b;6-4+,8-7-,10-5-,11-9-;6-5-;;;. The molecule has 2 aliphatic heterocycles. The predicted octanol–water partition coefficient (Wildman–Crippen LogP) is 9.34. The van der Waals surface area contributed by atoms with Gasteiger partial charge in [0.2, 0.25) is 12.8 Å². The molecule has 0 spiro atoms. The van der Waals surface area contributed by atoms with Gasteiger partial charge in [-0.3, -0.25) is 14.5 Å². The Kier molecular flexibility index (Phi) is 41.5. The van der Waals surface area contributed by atoms with E-state index in [2.05, 4.69) is 55.5 Å². The molecule has 2 fully saturated rings. The van der Waals surface area contributed by atoms with E-state index in [0.717, 1.165) is 76.4 Å². The van der Waals surface area contributed by atoms with Gasteiger partial charge in [-0.05, 0) is 116 Å². The first-order chi connectivity index (χ1) is 23.5. The Hall–Kier alpha value is -2.58. The molecule has 7 nitrogen and oxygen atoms in total. The number of nitrogens with one attached hydrogen (secondary N) is 2. The fraction of sp³-hybridized carbons (Fsp3) is 0.600. The molecule has 0 saturated carbocycles. The summed E-state index contributed by atoms with van der Waals surface area (Å²) in [7, 11) is 1.93. The molecule has 0 aliphatic carbocycles. The van der Waals surface area contributed by atoms with E-state index in [4.69, 9.17) is 28.9 Å². The van der Waals surface area contributed by atoms with Crippen molar-refractivity contribution in [2.45, 2.75) is 101 Å². The number of rotatable bonds is 11. The van der Waals surface area contributed by atoms with Crippen LogP contribution < -0.4 is 16.4 Å². The van der Waals surface area contributed by atoms with Crippen LogP contribution in [-0.2, 0) is 9.59 Å². The van der Waals surface area contributed by atoms with E-state index in [0.29, 0.717) is 22.0 Å². The highest BCUT2D eigenvalue weighted by atomic mass is 35.5. The van der Waals surface area contributed by atoms with Gasteiger partial charge in [-0.1, -0.05) is 86.9 Å². The van der Waals surface area contributed by atoms with Crippen molar-refractivity contribution in [3.63, 3.8) is 0 Å². The number of likely N-dealkylation sites (tertiary alicyclic amines) is 2. The van der Waals surface area contributed by atoms with Gasteiger partial charge < -0.3 is 21.3 Å². The Morgan fingerprint density at radius 1 is 0.898 bits per heavy atom. The number of hydrogen-bond acceptors (Lipinski definition) is 5. The molecule has 2 amide bonds. The van der Waals surface area contributed by atoms with Gasteiger partial charge in [0.25, 0.3) is 0 Å². The summed E-state index contributed by atoms with van der Waals surface area (Å²) in [6.45, 7) is 31.6. The van der Waals surface area contributed by atoms with E-state index < -0.39 is 0 Å². The van der Waals surface area contributed by atoms with Crippen LogP contribution in [0.25, 0.3) is 0 Å². The quantitative estimate of drug-likeness (QED) is 0.112. The number of hydrogen-bond donors (Lipinski definition) is 3. The number of amides is 2. The molecule has 2 heterocycles. The van der Waals surface area contributed by atoms with Crippen molar-refractivity contribution >= 4 is 36.0 Å². The van der Waals surface area contributed by atoms with Crippen molar-refractivity contribution in [2.24, 2.45) is 17.6 Å². The van der Waals surface area contributed by atoms with Gasteiger partial charge in [-0.25, -0.2) is 0 Å². The number of carbonyl (C=O) groups excluding carboxylic acids is 2. The smallest absolute Gasteiger partial charge is 0.209 e. The molecule has 284 valence electrons. The molecule has 2 aliphatic rings. The first kappa shape index (κ1) is 53.2. The van der Waals surface area contributed by atoms with Crippen LogP contribution >= 0.6 is 23.2 Å². The van der Waals surface area contributed by atoms with Crippen molar-refractivity contribution in [1.29, 1.82) is 0 Å². The fourth-order valence-corrected chi connectivity index (χ4v) is 5.05. The minimum atomic E-state index is 0.432. The number of piperidine rings is 2. The summed E-state index contributed by atoms with van der Waals surface area (Å²) in [5.41, 5.74) is 8.48. The highest BCUT2D eigenvalue weighted by Gasteiger charge is 2.31. The van der Waals surface area contributed by atoms with Crippen molar-refractivity contribution < 1.29 is 9.59 Å². The fourth-order valence-electron chi connectivity index (χ4n) is 4.92. The monoisotopic (exact) mass is 726 g/mol. The highest BCUT2D eigenvalue weighted by molar-refractivity contribution is 6.39. The van der Waals surface area contributed by atoms with Crippen LogP contribution in [0, 0.1) is 11.8 Å². The second-order valence-electron chi connectivity index (χ2n) is 11.4. The molecule has 9 heteroatoms. The summed E-state index contributed by atoms with van der Waals surface area (Å²) in [4.78, 5) is 25.9. The summed E-state index contributed by atoms with van der Waals surface area (Å²) < 4.78 is 0.